The number of carbonyl (C=O) groups excluding carboxylic acids is 1. The molecule has 0 bridgehead atoms. The lowest BCUT2D eigenvalue weighted by Gasteiger charge is -2.13. The van der Waals surface area contributed by atoms with Gasteiger partial charge in [-0.05, 0) is 52.3 Å². The van der Waals surface area contributed by atoms with E-state index in [2.05, 4.69) is 15.9 Å². The molecule has 8 heteroatoms. The molecule has 108 valence electrons. The number of esters is 1. The van der Waals surface area contributed by atoms with Gasteiger partial charge in [0.2, 0.25) is 0 Å². The van der Waals surface area contributed by atoms with Gasteiger partial charge in [-0.2, -0.15) is 18.4 Å². The number of hydrogen-bond donors (Lipinski definition) is 0. The van der Waals surface area contributed by atoms with Crippen LogP contribution in [0, 0.1) is 11.3 Å². The Hall–Kier alpha value is -1.20. The largest absolute Gasteiger partial charge is 0.466 e. The zero-order valence-corrected chi connectivity index (χ0v) is 12.7. The third kappa shape index (κ3) is 4.72. The molecule has 0 aliphatic heterocycles. The van der Waals surface area contributed by atoms with Crippen LogP contribution in [0.25, 0.3) is 0 Å². The van der Waals surface area contributed by atoms with E-state index in [4.69, 9.17) is 10.00 Å². The number of nitriles is 1. The summed E-state index contributed by atoms with van der Waals surface area (Å²) in [6.07, 6.45) is -0.331. The molecule has 1 aromatic carbocycles. The van der Waals surface area contributed by atoms with Crippen molar-refractivity contribution in [2.24, 2.45) is 0 Å². The lowest BCUT2D eigenvalue weighted by Crippen LogP contribution is -2.10. The Balaban J connectivity index is 3.21. The van der Waals surface area contributed by atoms with Crippen LogP contribution in [0.5, 0.6) is 0 Å². The van der Waals surface area contributed by atoms with Crippen molar-refractivity contribution in [1.29, 1.82) is 5.26 Å². The number of ether oxygens (including phenoxy) is 1. The highest BCUT2D eigenvalue weighted by Crippen LogP contribution is 2.41. The van der Waals surface area contributed by atoms with Crippen molar-refractivity contribution in [3.8, 4) is 6.07 Å². The van der Waals surface area contributed by atoms with Crippen molar-refractivity contribution in [1.82, 2.24) is 0 Å². The fourth-order valence-electron chi connectivity index (χ4n) is 1.43. The molecule has 0 aliphatic rings. The zero-order chi connectivity index (χ0) is 15.3. The molecule has 3 nitrogen and oxygen atoms in total. The normalized spacial score (nSPS) is 11.0. The fourth-order valence-corrected chi connectivity index (χ4v) is 2.82. The van der Waals surface area contributed by atoms with Gasteiger partial charge in [-0.25, -0.2) is 0 Å². The van der Waals surface area contributed by atoms with Gasteiger partial charge < -0.3 is 4.74 Å². The summed E-state index contributed by atoms with van der Waals surface area (Å²) in [5, 5.41) is 8.88. The Morgan fingerprint density at radius 3 is 2.65 bits per heavy atom. The molecule has 20 heavy (non-hydrogen) atoms. The quantitative estimate of drug-likeness (QED) is 0.595. The summed E-state index contributed by atoms with van der Waals surface area (Å²) < 4.78 is 42.4. The molecular weight excluding hydrogens is 359 g/mol. The molecule has 1 rings (SSSR count). The first-order chi connectivity index (χ1) is 9.28. The van der Waals surface area contributed by atoms with Crippen LogP contribution < -0.4 is 0 Å². The first-order valence-electron chi connectivity index (χ1n) is 5.41. The summed E-state index contributed by atoms with van der Waals surface area (Å²) in [4.78, 5) is 11.3. The molecule has 0 unspecified atom stereocenters. The van der Waals surface area contributed by atoms with Crippen LogP contribution in [-0.2, 0) is 16.0 Å². The van der Waals surface area contributed by atoms with E-state index in [1.165, 1.54) is 12.1 Å². The molecule has 0 spiro atoms. The monoisotopic (exact) mass is 367 g/mol. The predicted molar refractivity (Wildman–Crippen MR) is 71.1 cm³/mol. The SMILES string of the molecule is CCOC(=O)Cc1c(SC(F)(F)F)ccc(C#N)c1Br. The van der Waals surface area contributed by atoms with Gasteiger partial charge >= 0.3 is 11.5 Å². The Bertz CT molecular complexity index is 555. The smallest absolute Gasteiger partial charge is 0.446 e. The van der Waals surface area contributed by atoms with Crippen molar-refractivity contribution < 1.29 is 22.7 Å². The van der Waals surface area contributed by atoms with Gasteiger partial charge in [-0.1, -0.05) is 0 Å². The molecule has 0 amide bonds. The Morgan fingerprint density at radius 2 is 2.15 bits per heavy atom. The van der Waals surface area contributed by atoms with Crippen LogP contribution in [0.15, 0.2) is 21.5 Å². The van der Waals surface area contributed by atoms with Gasteiger partial charge in [-0.15, -0.1) is 0 Å². The lowest BCUT2D eigenvalue weighted by molar-refractivity contribution is -0.142. The zero-order valence-electron chi connectivity index (χ0n) is 10.3. The molecular formula is C12H9BrF3NO2S. The molecule has 0 atom stereocenters. The molecule has 0 saturated heterocycles. The molecule has 0 saturated carbocycles. The molecule has 1 aromatic rings. The van der Waals surface area contributed by atoms with Gasteiger partial charge in [-0.3, -0.25) is 4.79 Å². The van der Waals surface area contributed by atoms with Crippen LogP contribution >= 0.6 is 27.7 Å². The summed E-state index contributed by atoms with van der Waals surface area (Å²) >= 11 is 2.74. The second-order valence-electron chi connectivity index (χ2n) is 3.55. The Morgan fingerprint density at radius 1 is 1.50 bits per heavy atom. The summed E-state index contributed by atoms with van der Waals surface area (Å²) in [5.41, 5.74) is -4.21. The van der Waals surface area contributed by atoms with E-state index in [1.807, 2.05) is 6.07 Å². The average molecular weight is 368 g/mol. The van der Waals surface area contributed by atoms with Crippen molar-refractivity contribution in [3.63, 3.8) is 0 Å². The molecule has 0 N–H and O–H groups in total. The Labute approximate surface area is 126 Å². The molecule has 0 radical (unpaired) electrons. The van der Waals surface area contributed by atoms with E-state index in [9.17, 15) is 18.0 Å². The number of nitrogens with zero attached hydrogens (tertiary/aromatic N) is 1. The van der Waals surface area contributed by atoms with E-state index in [0.29, 0.717) is 0 Å². The maximum absolute atomic E-state index is 12.5. The summed E-state index contributed by atoms with van der Waals surface area (Å²) in [7, 11) is 0. The number of thioether (sulfide) groups is 1. The first kappa shape index (κ1) is 16.9. The standard InChI is InChI=1S/C12H9BrF3NO2S/c1-2-19-10(18)5-8-9(20-12(14,15)16)4-3-7(6-17)11(8)13/h3-4H,2,5H2,1H3. The van der Waals surface area contributed by atoms with E-state index in [-0.39, 0.29) is 45.3 Å². The van der Waals surface area contributed by atoms with Crippen LogP contribution in [0.2, 0.25) is 0 Å². The number of rotatable bonds is 4. The van der Waals surface area contributed by atoms with Gasteiger partial charge in [0.05, 0.1) is 18.6 Å². The summed E-state index contributed by atoms with van der Waals surface area (Å²) in [6.45, 7) is 1.74. The fraction of sp³-hybridized carbons (Fsp3) is 0.333. The van der Waals surface area contributed by atoms with E-state index < -0.39 is 11.5 Å². The second kappa shape index (κ2) is 6.99. The van der Waals surface area contributed by atoms with Crippen molar-refractivity contribution in [3.05, 3.63) is 27.7 Å². The average Bonchev–Trinajstić information content (AvgIpc) is 2.32. The molecule has 0 aromatic heterocycles. The minimum Gasteiger partial charge on any atom is -0.466 e. The van der Waals surface area contributed by atoms with E-state index in [0.717, 1.165) is 0 Å². The van der Waals surface area contributed by atoms with E-state index in [1.54, 1.807) is 6.92 Å². The minimum atomic E-state index is -4.48. The lowest BCUT2D eigenvalue weighted by atomic mass is 10.1. The van der Waals surface area contributed by atoms with Crippen molar-refractivity contribution >= 4 is 33.7 Å². The van der Waals surface area contributed by atoms with Crippen LogP contribution in [0.3, 0.4) is 0 Å². The highest BCUT2D eigenvalue weighted by atomic mass is 79.9. The maximum atomic E-state index is 12.5. The van der Waals surface area contributed by atoms with Gasteiger partial charge in [0.1, 0.15) is 6.07 Å². The van der Waals surface area contributed by atoms with Crippen LogP contribution in [-0.4, -0.2) is 18.1 Å². The van der Waals surface area contributed by atoms with Gasteiger partial charge in [0.25, 0.3) is 0 Å². The summed E-state index contributed by atoms with van der Waals surface area (Å²) in [5.74, 6) is -0.646. The molecule has 0 fully saturated rings. The number of alkyl halides is 3. The highest BCUT2D eigenvalue weighted by Gasteiger charge is 2.31. The number of halogens is 4. The van der Waals surface area contributed by atoms with Crippen LogP contribution in [0.4, 0.5) is 13.2 Å². The summed E-state index contributed by atoms with van der Waals surface area (Å²) in [6, 6.07) is 4.29. The third-order valence-electron chi connectivity index (χ3n) is 2.17. The maximum Gasteiger partial charge on any atom is 0.446 e. The highest BCUT2D eigenvalue weighted by molar-refractivity contribution is 9.10. The minimum absolute atomic E-state index is 0.102. The number of benzene rings is 1. The second-order valence-corrected chi connectivity index (χ2v) is 5.45. The first-order valence-corrected chi connectivity index (χ1v) is 7.02. The van der Waals surface area contributed by atoms with Crippen molar-refractivity contribution in [2.45, 2.75) is 23.7 Å². The van der Waals surface area contributed by atoms with Gasteiger partial charge in [0.15, 0.2) is 0 Å². The number of carbonyl (C=O) groups is 1. The van der Waals surface area contributed by atoms with Gasteiger partial charge in [0, 0.05) is 9.37 Å². The third-order valence-corrected chi connectivity index (χ3v) is 3.91. The molecule has 0 heterocycles. The predicted octanol–water partition coefficient (Wildman–Crippen LogP) is 4.04. The van der Waals surface area contributed by atoms with E-state index >= 15 is 0 Å². The van der Waals surface area contributed by atoms with Crippen molar-refractivity contribution in [2.75, 3.05) is 6.61 Å². The molecule has 0 aliphatic carbocycles. The topological polar surface area (TPSA) is 50.1 Å². The number of hydrogen-bond acceptors (Lipinski definition) is 4. The van der Waals surface area contributed by atoms with Crippen LogP contribution in [0.1, 0.15) is 18.1 Å². The Kier molecular flexibility index (Phi) is 5.89.